The SMILES string of the molecule is CN1c2c(-c3ccc(-c4ccc5ccc6cccnc6c5n4)cc3)cccc2-n2c(-c3ccccc3)nc3cccc1c32. The molecule has 0 radical (unpaired) electrons. The molecular formula is C38H25N5. The summed E-state index contributed by atoms with van der Waals surface area (Å²) in [5.74, 6) is 0.953. The van der Waals surface area contributed by atoms with Crippen molar-refractivity contribution in [2.45, 2.75) is 0 Å². The topological polar surface area (TPSA) is 46.8 Å². The zero-order valence-electron chi connectivity index (χ0n) is 23.4. The van der Waals surface area contributed by atoms with E-state index in [-0.39, 0.29) is 0 Å². The lowest BCUT2D eigenvalue weighted by molar-refractivity contribution is 1.05. The van der Waals surface area contributed by atoms with Crippen LogP contribution in [-0.4, -0.2) is 26.6 Å². The molecule has 202 valence electrons. The molecule has 0 N–H and O–H groups in total. The highest BCUT2D eigenvalue weighted by Crippen LogP contribution is 2.48. The average molecular weight is 552 g/mol. The second-order valence-corrected chi connectivity index (χ2v) is 11.0. The molecule has 0 fully saturated rings. The molecule has 9 rings (SSSR count). The van der Waals surface area contributed by atoms with Crippen molar-refractivity contribution in [3.05, 3.63) is 134 Å². The van der Waals surface area contributed by atoms with Crippen LogP contribution in [0, 0.1) is 0 Å². The maximum absolute atomic E-state index is 5.10. The van der Waals surface area contributed by atoms with Crippen LogP contribution in [-0.2, 0) is 0 Å². The van der Waals surface area contributed by atoms with Crippen molar-refractivity contribution in [1.29, 1.82) is 0 Å². The Kier molecular flexibility index (Phi) is 5.05. The zero-order chi connectivity index (χ0) is 28.5. The van der Waals surface area contributed by atoms with Crippen LogP contribution in [0.5, 0.6) is 0 Å². The summed E-state index contributed by atoms with van der Waals surface area (Å²) in [5, 5.41) is 2.19. The zero-order valence-corrected chi connectivity index (χ0v) is 23.4. The lowest BCUT2D eigenvalue weighted by Gasteiger charge is -2.32. The highest BCUT2D eigenvalue weighted by molar-refractivity contribution is 6.04. The Balaban J connectivity index is 1.18. The Bertz CT molecular complexity index is 2350. The Hall–Kier alpha value is -5.81. The Morgan fingerprint density at radius 1 is 0.535 bits per heavy atom. The molecule has 1 aliphatic heterocycles. The van der Waals surface area contributed by atoms with Gasteiger partial charge < -0.3 is 4.90 Å². The van der Waals surface area contributed by atoms with Crippen molar-refractivity contribution in [3.8, 4) is 39.5 Å². The summed E-state index contributed by atoms with van der Waals surface area (Å²) in [4.78, 5) is 17.1. The summed E-state index contributed by atoms with van der Waals surface area (Å²) in [6.07, 6.45) is 1.83. The number of pyridine rings is 2. The van der Waals surface area contributed by atoms with E-state index in [1.165, 1.54) is 5.56 Å². The van der Waals surface area contributed by atoms with Crippen molar-refractivity contribution in [1.82, 2.24) is 19.5 Å². The molecule has 5 aromatic carbocycles. The Morgan fingerprint density at radius 2 is 1.28 bits per heavy atom. The fourth-order valence-electron chi connectivity index (χ4n) is 6.52. The number of benzene rings is 5. The van der Waals surface area contributed by atoms with Gasteiger partial charge in [0.2, 0.25) is 0 Å². The molecule has 5 nitrogen and oxygen atoms in total. The van der Waals surface area contributed by atoms with E-state index in [1.54, 1.807) is 0 Å². The molecule has 0 unspecified atom stereocenters. The summed E-state index contributed by atoms with van der Waals surface area (Å²) in [5.41, 5.74) is 12.8. The third kappa shape index (κ3) is 3.55. The minimum atomic E-state index is 0.929. The summed E-state index contributed by atoms with van der Waals surface area (Å²) >= 11 is 0. The smallest absolute Gasteiger partial charge is 0.145 e. The number of aromatic nitrogens is 4. The van der Waals surface area contributed by atoms with E-state index in [9.17, 15) is 0 Å². The van der Waals surface area contributed by atoms with Crippen molar-refractivity contribution < 1.29 is 0 Å². The summed E-state index contributed by atoms with van der Waals surface area (Å²) in [7, 11) is 2.15. The van der Waals surface area contributed by atoms with Crippen molar-refractivity contribution >= 4 is 44.2 Å². The van der Waals surface area contributed by atoms with E-state index in [2.05, 4.69) is 137 Å². The van der Waals surface area contributed by atoms with Crippen molar-refractivity contribution in [2.24, 2.45) is 0 Å². The molecule has 0 saturated carbocycles. The molecular weight excluding hydrogens is 526 g/mol. The number of anilines is 2. The molecule has 1 aliphatic rings. The fourth-order valence-corrected chi connectivity index (χ4v) is 6.52. The van der Waals surface area contributed by atoms with E-state index in [4.69, 9.17) is 9.97 Å². The van der Waals surface area contributed by atoms with Crippen LogP contribution < -0.4 is 4.90 Å². The second-order valence-electron chi connectivity index (χ2n) is 11.0. The van der Waals surface area contributed by atoms with Crippen LogP contribution in [0.3, 0.4) is 0 Å². The number of imidazole rings is 1. The van der Waals surface area contributed by atoms with Gasteiger partial charge in [0.05, 0.1) is 44.8 Å². The molecule has 0 aliphatic carbocycles. The van der Waals surface area contributed by atoms with E-state index in [0.29, 0.717) is 0 Å². The number of hydrogen-bond acceptors (Lipinski definition) is 4. The molecule has 0 bridgehead atoms. The van der Waals surface area contributed by atoms with Gasteiger partial charge in [0.1, 0.15) is 5.82 Å². The van der Waals surface area contributed by atoms with Gasteiger partial charge in [-0.05, 0) is 35.9 Å². The largest absolute Gasteiger partial charge is 0.341 e. The molecule has 0 spiro atoms. The fraction of sp³-hybridized carbons (Fsp3) is 0.0263. The number of para-hydroxylation sites is 2. The van der Waals surface area contributed by atoms with E-state index >= 15 is 0 Å². The van der Waals surface area contributed by atoms with Crippen LogP contribution in [0.2, 0.25) is 0 Å². The van der Waals surface area contributed by atoms with Gasteiger partial charge in [-0.2, -0.15) is 0 Å². The molecule has 4 heterocycles. The normalized spacial score (nSPS) is 12.3. The third-order valence-electron chi connectivity index (χ3n) is 8.56. The highest BCUT2D eigenvalue weighted by atomic mass is 15.2. The van der Waals surface area contributed by atoms with Gasteiger partial charge in [-0.1, -0.05) is 97.1 Å². The summed E-state index contributed by atoms with van der Waals surface area (Å²) < 4.78 is 2.32. The maximum Gasteiger partial charge on any atom is 0.145 e. The van der Waals surface area contributed by atoms with Gasteiger partial charge in [-0.3, -0.25) is 9.55 Å². The molecule has 0 amide bonds. The minimum absolute atomic E-state index is 0.929. The monoisotopic (exact) mass is 551 g/mol. The van der Waals surface area contributed by atoms with Crippen LogP contribution in [0.4, 0.5) is 11.4 Å². The van der Waals surface area contributed by atoms with E-state index in [1.807, 2.05) is 18.3 Å². The van der Waals surface area contributed by atoms with Crippen molar-refractivity contribution in [2.75, 3.05) is 11.9 Å². The van der Waals surface area contributed by atoms with Gasteiger partial charge >= 0.3 is 0 Å². The molecule has 0 saturated heterocycles. The molecule has 43 heavy (non-hydrogen) atoms. The first-order valence-corrected chi connectivity index (χ1v) is 14.4. The standard InChI is InChI=1S/C38H25N5/c1-42-32-13-6-12-31-37(32)43(38(41-31)28-8-3-2-4-9-28)33-14-5-11-29(36(33)42)24-15-17-25(18-16-24)30-22-21-27-20-19-26-10-7-23-39-34(26)35(27)40-30/h2-23H,1H3. The number of nitrogens with zero attached hydrogens (tertiary/aromatic N) is 5. The second kappa shape index (κ2) is 9.10. The van der Waals surface area contributed by atoms with E-state index < -0.39 is 0 Å². The van der Waals surface area contributed by atoms with Gasteiger partial charge in [-0.25, -0.2) is 9.97 Å². The molecule has 5 heteroatoms. The lowest BCUT2D eigenvalue weighted by atomic mass is 9.97. The summed E-state index contributed by atoms with van der Waals surface area (Å²) in [6, 6.07) is 44.6. The predicted octanol–water partition coefficient (Wildman–Crippen LogP) is 9.20. The number of rotatable bonds is 3. The molecule has 3 aromatic heterocycles. The first-order valence-electron chi connectivity index (χ1n) is 14.4. The van der Waals surface area contributed by atoms with Crippen LogP contribution in [0.15, 0.2) is 134 Å². The van der Waals surface area contributed by atoms with E-state index in [0.717, 1.165) is 78.1 Å². The van der Waals surface area contributed by atoms with Gasteiger partial charge in [0.15, 0.2) is 0 Å². The maximum atomic E-state index is 5.10. The third-order valence-corrected chi connectivity index (χ3v) is 8.56. The Morgan fingerprint density at radius 3 is 2.14 bits per heavy atom. The van der Waals surface area contributed by atoms with Crippen molar-refractivity contribution in [3.63, 3.8) is 0 Å². The predicted molar refractivity (Wildman–Crippen MR) is 176 cm³/mol. The van der Waals surface area contributed by atoms with Gasteiger partial charge in [-0.15, -0.1) is 0 Å². The van der Waals surface area contributed by atoms with Gasteiger partial charge in [0.25, 0.3) is 0 Å². The van der Waals surface area contributed by atoms with Gasteiger partial charge in [0, 0.05) is 40.7 Å². The van der Waals surface area contributed by atoms with Crippen LogP contribution >= 0.6 is 0 Å². The minimum Gasteiger partial charge on any atom is -0.341 e. The number of hydrogen-bond donors (Lipinski definition) is 0. The average Bonchev–Trinajstić information content (AvgIpc) is 3.47. The first-order chi connectivity index (χ1) is 21.2. The highest BCUT2D eigenvalue weighted by Gasteiger charge is 2.28. The molecule has 8 aromatic rings. The first kappa shape index (κ1) is 23.9. The number of fused-ring (bicyclic) bond motifs is 5. The molecule has 0 atom stereocenters. The van der Waals surface area contributed by atoms with Crippen LogP contribution in [0.25, 0.3) is 72.3 Å². The Labute approximate surface area is 248 Å². The quantitative estimate of drug-likeness (QED) is 0.205. The van der Waals surface area contributed by atoms with Crippen LogP contribution in [0.1, 0.15) is 0 Å². The summed E-state index contributed by atoms with van der Waals surface area (Å²) in [6.45, 7) is 0. The lowest BCUT2D eigenvalue weighted by Crippen LogP contribution is -2.19.